The Balaban J connectivity index is 2.04. The van der Waals surface area contributed by atoms with E-state index in [0.717, 1.165) is 36.9 Å². The van der Waals surface area contributed by atoms with Crippen LogP contribution in [-0.2, 0) is 12.8 Å². The Morgan fingerprint density at radius 3 is 2.77 bits per heavy atom. The maximum absolute atomic E-state index is 12.6. The van der Waals surface area contributed by atoms with Gasteiger partial charge in [-0.2, -0.15) is 0 Å². The van der Waals surface area contributed by atoms with Crippen molar-refractivity contribution in [3.63, 3.8) is 0 Å². The highest BCUT2D eigenvalue weighted by molar-refractivity contribution is 5.90. The molecular formula is C22H32N2O2. The van der Waals surface area contributed by atoms with Gasteiger partial charge in [-0.15, -0.1) is 13.2 Å². The zero-order valence-corrected chi connectivity index (χ0v) is 16.0. The molecule has 2 rings (SSSR count). The van der Waals surface area contributed by atoms with Crippen LogP contribution in [0.1, 0.15) is 44.2 Å². The minimum absolute atomic E-state index is 0.0278. The van der Waals surface area contributed by atoms with E-state index in [1.54, 1.807) is 0 Å². The molecule has 1 aliphatic carbocycles. The number of anilines is 1. The first-order chi connectivity index (χ1) is 12.4. The fourth-order valence-electron chi connectivity index (χ4n) is 3.40. The van der Waals surface area contributed by atoms with Gasteiger partial charge in [0.05, 0.1) is 6.10 Å². The Bertz CT molecular complexity index is 641. The number of carbonyl (C=O) groups excluding carboxylic acids is 1. The fourth-order valence-corrected chi connectivity index (χ4v) is 3.40. The molecule has 0 heterocycles. The summed E-state index contributed by atoms with van der Waals surface area (Å²) in [5, 5.41) is 16.0. The van der Waals surface area contributed by atoms with Gasteiger partial charge in [-0.3, -0.25) is 0 Å². The molecule has 26 heavy (non-hydrogen) atoms. The average molecular weight is 357 g/mol. The molecule has 4 nitrogen and oxygen atoms in total. The molecule has 3 N–H and O–H groups in total. The van der Waals surface area contributed by atoms with Crippen molar-refractivity contribution in [1.82, 2.24) is 5.32 Å². The number of carbonyl (C=O) groups is 1. The molecule has 0 saturated carbocycles. The fraction of sp³-hybridized carbons (Fsp3) is 0.500. The Kier molecular flexibility index (Phi) is 7.46. The molecule has 4 atom stereocenters. The first-order valence-electron chi connectivity index (χ1n) is 9.56. The highest BCUT2D eigenvalue weighted by Gasteiger charge is 2.22. The number of nitrogens with one attached hydrogen (secondary N) is 2. The number of aliphatic hydroxyl groups is 1. The number of hydrogen-bond acceptors (Lipinski definition) is 2. The third kappa shape index (κ3) is 5.46. The molecular weight excluding hydrogens is 324 g/mol. The third-order valence-electron chi connectivity index (χ3n) is 5.37. The van der Waals surface area contributed by atoms with Crippen LogP contribution in [0.3, 0.4) is 0 Å². The van der Waals surface area contributed by atoms with Gasteiger partial charge < -0.3 is 15.7 Å². The van der Waals surface area contributed by atoms with Crippen LogP contribution in [0.25, 0.3) is 0 Å². The molecule has 1 aromatic carbocycles. The lowest BCUT2D eigenvalue weighted by atomic mass is 9.88. The highest BCUT2D eigenvalue weighted by Crippen LogP contribution is 2.28. The summed E-state index contributed by atoms with van der Waals surface area (Å²) in [5.74, 6) is 0.603. The quantitative estimate of drug-likeness (QED) is 0.603. The van der Waals surface area contributed by atoms with E-state index in [-0.39, 0.29) is 24.1 Å². The van der Waals surface area contributed by atoms with Gasteiger partial charge in [0.1, 0.15) is 0 Å². The molecule has 0 bridgehead atoms. The van der Waals surface area contributed by atoms with E-state index in [9.17, 15) is 9.90 Å². The molecule has 1 aliphatic rings. The van der Waals surface area contributed by atoms with Crippen LogP contribution in [0.4, 0.5) is 10.5 Å². The van der Waals surface area contributed by atoms with Crippen molar-refractivity contribution in [3.8, 4) is 0 Å². The summed E-state index contributed by atoms with van der Waals surface area (Å²) in [6, 6.07) is 5.76. The smallest absolute Gasteiger partial charge is 0.319 e. The maximum Gasteiger partial charge on any atom is 0.319 e. The van der Waals surface area contributed by atoms with E-state index in [1.807, 2.05) is 24.3 Å². The van der Waals surface area contributed by atoms with E-state index in [2.05, 4.69) is 43.7 Å². The van der Waals surface area contributed by atoms with E-state index in [0.29, 0.717) is 12.3 Å². The summed E-state index contributed by atoms with van der Waals surface area (Å²) in [6.45, 7) is 11.9. The van der Waals surface area contributed by atoms with Crippen molar-refractivity contribution in [2.45, 2.75) is 58.1 Å². The Hall–Kier alpha value is -2.07. The minimum Gasteiger partial charge on any atom is -0.393 e. The van der Waals surface area contributed by atoms with Crippen LogP contribution in [-0.4, -0.2) is 23.3 Å². The van der Waals surface area contributed by atoms with Gasteiger partial charge in [0, 0.05) is 18.2 Å². The lowest BCUT2D eigenvalue weighted by Gasteiger charge is -2.26. The van der Waals surface area contributed by atoms with Gasteiger partial charge in [0.25, 0.3) is 0 Å². The van der Waals surface area contributed by atoms with Crippen LogP contribution in [0.15, 0.2) is 43.5 Å². The SMILES string of the molecule is C=CC(C)CCC(NC(=O)Nc1cccc2c1CC(O)CC2)C(C)C=C. The van der Waals surface area contributed by atoms with Crippen LogP contribution < -0.4 is 10.6 Å². The summed E-state index contributed by atoms with van der Waals surface area (Å²) in [6.07, 6.45) is 7.56. The molecule has 2 amide bonds. The molecule has 142 valence electrons. The summed E-state index contributed by atoms with van der Waals surface area (Å²) in [7, 11) is 0. The van der Waals surface area contributed by atoms with Gasteiger partial charge in [-0.1, -0.05) is 38.1 Å². The molecule has 0 saturated heterocycles. The number of aryl methyl sites for hydroxylation is 1. The van der Waals surface area contributed by atoms with Crippen molar-refractivity contribution in [2.75, 3.05) is 5.32 Å². The van der Waals surface area contributed by atoms with Crippen molar-refractivity contribution < 1.29 is 9.90 Å². The van der Waals surface area contributed by atoms with E-state index >= 15 is 0 Å². The standard InChI is InChI=1S/C22H32N2O2/c1-5-15(3)10-13-20(16(4)6-2)23-22(26)24-21-9-7-8-17-11-12-18(25)14-19(17)21/h5-9,15-16,18,20,25H,1-2,10-14H2,3-4H3,(H2,23,24,26). The van der Waals surface area contributed by atoms with E-state index in [1.165, 1.54) is 5.56 Å². The van der Waals surface area contributed by atoms with Crippen molar-refractivity contribution in [3.05, 3.63) is 54.6 Å². The predicted molar refractivity (Wildman–Crippen MR) is 108 cm³/mol. The maximum atomic E-state index is 12.6. The lowest BCUT2D eigenvalue weighted by molar-refractivity contribution is 0.159. The van der Waals surface area contributed by atoms with Crippen LogP contribution in [0.5, 0.6) is 0 Å². The number of urea groups is 1. The van der Waals surface area contributed by atoms with E-state index in [4.69, 9.17) is 0 Å². The number of allylic oxidation sites excluding steroid dienone is 1. The van der Waals surface area contributed by atoms with Gasteiger partial charge in [0.15, 0.2) is 0 Å². The zero-order valence-electron chi connectivity index (χ0n) is 16.0. The number of fused-ring (bicyclic) bond motifs is 1. The van der Waals surface area contributed by atoms with Crippen LogP contribution in [0.2, 0.25) is 0 Å². The zero-order chi connectivity index (χ0) is 19.1. The third-order valence-corrected chi connectivity index (χ3v) is 5.37. The van der Waals surface area contributed by atoms with E-state index < -0.39 is 0 Å². The minimum atomic E-state index is -0.331. The molecule has 4 heteroatoms. The molecule has 0 radical (unpaired) electrons. The highest BCUT2D eigenvalue weighted by atomic mass is 16.3. The summed E-state index contributed by atoms with van der Waals surface area (Å²) in [4.78, 5) is 12.6. The largest absolute Gasteiger partial charge is 0.393 e. The molecule has 4 unspecified atom stereocenters. The van der Waals surface area contributed by atoms with Crippen molar-refractivity contribution in [2.24, 2.45) is 11.8 Å². The van der Waals surface area contributed by atoms with Gasteiger partial charge >= 0.3 is 6.03 Å². The number of amides is 2. The Morgan fingerprint density at radius 2 is 2.08 bits per heavy atom. The van der Waals surface area contributed by atoms with Gasteiger partial charge in [-0.05, 0) is 54.7 Å². The van der Waals surface area contributed by atoms with Gasteiger partial charge in [0.2, 0.25) is 0 Å². The monoisotopic (exact) mass is 356 g/mol. The summed E-state index contributed by atoms with van der Waals surface area (Å²) in [5.41, 5.74) is 3.06. The van der Waals surface area contributed by atoms with Crippen LogP contribution in [0, 0.1) is 11.8 Å². The second-order valence-electron chi connectivity index (χ2n) is 7.43. The Morgan fingerprint density at radius 1 is 1.31 bits per heavy atom. The second-order valence-corrected chi connectivity index (χ2v) is 7.43. The summed E-state index contributed by atoms with van der Waals surface area (Å²) >= 11 is 0. The summed E-state index contributed by atoms with van der Waals surface area (Å²) < 4.78 is 0. The second kappa shape index (κ2) is 9.58. The molecule has 0 aliphatic heterocycles. The first kappa shape index (κ1) is 20.2. The average Bonchev–Trinajstić information content (AvgIpc) is 2.64. The molecule has 0 aromatic heterocycles. The lowest BCUT2D eigenvalue weighted by Crippen LogP contribution is -2.41. The Labute approximate surface area is 157 Å². The molecule has 1 aromatic rings. The predicted octanol–water partition coefficient (Wildman–Crippen LogP) is 4.45. The van der Waals surface area contributed by atoms with Crippen LogP contribution >= 0.6 is 0 Å². The number of aliphatic hydroxyl groups excluding tert-OH is 1. The number of hydrogen-bond donors (Lipinski definition) is 3. The number of benzene rings is 1. The van der Waals surface area contributed by atoms with Crippen molar-refractivity contribution in [1.29, 1.82) is 0 Å². The first-order valence-corrected chi connectivity index (χ1v) is 9.56. The van der Waals surface area contributed by atoms with Crippen molar-refractivity contribution >= 4 is 11.7 Å². The number of rotatable bonds is 8. The molecule has 0 fully saturated rings. The molecule has 0 spiro atoms. The topological polar surface area (TPSA) is 61.4 Å². The van der Waals surface area contributed by atoms with Gasteiger partial charge in [-0.25, -0.2) is 4.79 Å². The normalized spacial score (nSPS) is 19.6.